The van der Waals surface area contributed by atoms with Crippen molar-refractivity contribution in [3.63, 3.8) is 0 Å². The van der Waals surface area contributed by atoms with Crippen LogP contribution < -0.4 is 5.32 Å². The summed E-state index contributed by atoms with van der Waals surface area (Å²) in [5, 5.41) is 2.73. The van der Waals surface area contributed by atoms with Crippen molar-refractivity contribution in [2.24, 2.45) is 5.92 Å². The van der Waals surface area contributed by atoms with Crippen molar-refractivity contribution >= 4 is 17.7 Å². The van der Waals surface area contributed by atoms with Gasteiger partial charge in [-0.2, -0.15) is 0 Å². The summed E-state index contributed by atoms with van der Waals surface area (Å²) in [5.74, 6) is -0.750. The number of fused-ring (bicyclic) bond motifs is 3. The summed E-state index contributed by atoms with van der Waals surface area (Å²) in [6.45, 7) is 6.02. The molecule has 0 saturated heterocycles. The molecule has 1 aliphatic rings. The van der Waals surface area contributed by atoms with Crippen LogP contribution >= 0.6 is 0 Å². The minimum atomic E-state index is -0.901. The van der Waals surface area contributed by atoms with Crippen LogP contribution in [-0.4, -0.2) is 30.3 Å². The van der Waals surface area contributed by atoms with Crippen LogP contribution in [0.15, 0.2) is 42.5 Å². The summed E-state index contributed by atoms with van der Waals surface area (Å²) < 4.78 is 5.24. The van der Waals surface area contributed by atoms with E-state index in [0.717, 1.165) is 11.1 Å². The van der Waals surface area contributed by atoms with E-state index in [1.165, 1.54) is 6.92 Å². The molecule has 0 spiro atoms. The number of carbonyl (C=O) groups excluding carboxylic acids is 3. The SMILES string of the molecule is CC(C)CNC(=O)C(C)OC(=O)c1ccc2c(c1)C(=O)c1ccccc1-2. The molecule has 0 radical (unpaired) electrons. The predicted molar refractivity (Wildman–Crippen MR) is 98.0 cm³/mol. The smallest absolute Gasteiger partial charge is 0.338 e. The molecule has 1 atom stereocenters. The first-order chi connectivity index (χ1) is 12.4. The van der Waals surface area contributed by atoms with E-state index in [4.69, 9.17) is 4.74 Å². The molecule has 5 heteroatoms. The van der Waals surface area contributed by atoms with Gasteiger partial charge in [0.25, 0.3) is 5.91 Å². The Labute approximate surface area is 152 Å². The number of amides is 1. The van der Waals surface area contributed by atoms with E-state index in [9.17, 15) is 14.4 Å². The molecule has 1 N–H and O–H groups in total. The monoisotopic (exact) mass is 351 g/mol. The van der Waals surface area contributed by atoms with Crippen molar-refractivity contribution in [2.75, 3.05) is 6.54 Å². The normalized spacial score (nSPS) is 13.2. The van der Waals surface area contributed by atoms with Gasteiger partial charge < -0.3 is 10.1 Å². The molecule has 26 heavy (non-hydrogen) atoms. The van der Waals surface area contributed by atoms with Gasteiger partial charge >= 0.3 is 5.97 Å². The largest absolute Gasteiger partial charge is 0.449 e. The first-order valence-electron chi connectivity index (χ1n) is 8.65. The van der Waals surface area contributed by atoms with Crippen LogP contribution in [0.25, 0.3) is 11.1 Å². The number of ketones is 1. The van der Waals surface area contributed by atoms with Crippen molar-refractivity contribution in [2.45, 2.75) is 26.9 Å². The molecule has 0 bridgehead atoms. The molecule has 0 aliphatic heterocycles. The minimum absolute atomic E-state index is 0.104. The summed E-state index contributed by atoms with van der Waals surface area (Å²) in [6, 6.07) is 12.3. The number of benzene rings is 2. The van der Waals surface area contributed by atoms with Crippen LogP contribution in [0, 0.1) is 5.92 Å². The fraction of sp³-hybridized carbons (Fsp3) is 0.286. The van der Waals surface area contributed by atoms with Gasteiger partial charge in [-0.3, -0.25) is 9.59 Å². The zero-order valence-electron chi connectivity index (χ0n) is 15.0. The quantitative estimate of drug-likeness (QED) is 0.717. The van der Waals surface area contributed by atoms with Crippen LogP contribution in [0.5, 0.6) is 0 Å². The van der Waals surface area contributed by atoms with Gasteiger partial charge in [-0.1, -0.05) is 44.2 Å². The highest BCUT2D eigenvalue weighted by Crippen LogP contribution is 2.36. The second kappa shape index (κ2) is 7.12. The zero-order valence-corrected chi connectivity index (χ0v) is 15.0. The molecule has 0 fully saturated rings. The third kappa shape index (κ3) is 3.38. The van der Waals surface area contributed by atoms with Crippen molar-refractivity contribution in [1.82, 2.24) is 5.32 Å². The van der Waals surface area contributed by atoms with E-state index in [1.54, 1.807) is 24.3 Å². The third-order valence-electron chi connectivity index (χ3n) is 4.30. The molecule has 1 unspecified atom stereocenters. The molecule has 0 saturated carbocycles. The Kier molecular flexibility index (Phi) is 4.89. The Morgan fingerprint density at radius 1 is 0.962 bits per heavy atom. The third-order valence-corrected chi connectivity index (χ3v) is 4.30. The number of rotatable bonds is 5. The maximum atomic E-state index is 12.5. The lowest BCUT2D eigenvalue weighted by atomic mass is 10.0. The van der Waals surface area contributed by atoms with E-state index in [1.807, 2.05) is 32.0 Å². The fourth-order valence-electron chi connectivity index (χ4n) is 2.89. The Bertz CT molecular complexity index is 885. The standard InChI is InChI=1S/C21H21NO4/c1-12(2)11-22-20(24)13(3)26-21(25)14-8-9-16-15-6-4-5-7-17(15)19(23)18(16)10-14/h4-10,12-13H,11H2,1-3H3,(H,22,24). The van der Waals surface area contributed by atoms with Crippen LogP contribution in [0.1, 0.15) is 47.1 Å². The van der Waals surface area contributed by atoms with Crippen molar-refractivity contribution < 1.29 is 19.1 Å². The number of carbonyl (C=O) groups is 3. The van der Waals surface area contributed by atoms with Gasteiger partial charge in [0.15, 0.2) is 11.9 Å². The molecule has 1 amide bonds. The van der Waals surface area contributed by atoms with Crippen LogP contribution in [0.2, 0.25) is 0 Å². The maximum Gasteiger partial charge on any atom is 0.338 e. The first-order valence-corrected chi connectivity index (χ1v) is 8.65. The second-order valence-electron chi connectivity index (χ2n) is 6.82. The number of ether oxygens (including phenoxy) is 1. The van der Waals surface area contributed by atoms with E-state index >= 15 is 0 Å². The van der Waals surface area contributed by atoms with Crippen LogP contribution in [0.4, 0.5) is 0 Å². The van der Waals surface area contributed by atoms with Crippen molar-refractivity contribution in [1.29, 1.82) is 0 Å². The Hall–Kier alpha value is -2.95. The number of hydrogen-bond donors (Lipinski definition) is 1. The summed E-state index contributed by atoms with van der Waals surface area (Å²) in [6.07, 6.45) is -0.901. The van der Waals surface area contributed by atoms with Gasteiger partial charge in [-0.05, 0) is 36.1 Å². The molecule has 1 aliphatic carbocycles. The fourth-order valence-corrected chi connectivity index (χ4v) is 2.89. The van der Waals surface area contributed by atoms with Crippen molar-refractivity contribution in [3.05, 3.63) is 59.2 Å². The number of nitrogens with one attached hydrogen (secondary N) is 1. The highest BCUT2D eigenvalue weighted by atomic mass is 16.5. The van der Waals surface area contributed by atoms with E-state index < -0.39 is 12.1 Å². The molecule has 134 valence electrons. The maximum absolute atomic E-state index is 12.5. The summed E-state index contributed by atoms with van der Waals surface area (Å²) in [4.78, 5) is 36.8. The zero-order chi connectivity index (χ0) is 18.8. The molecular weight excluding hydrogens is 330 g/mol. The molecule has 5 nitrogen and oxygen atoms in total. The van der Waals surface area contributed by atoms with E-state index in [2.05, 4.69) is 5.32 Å². The number of hydrogen-bond acceptors (Lipinski definition) is 4. The molecular formula is C21H21NO4. The first kappa shape index (κ1) is 17.9. The molecule has 0 aromatic heterocycles. The Morgan fingerprint density at radius 2 is 1.62 bits per heavy atom. The molecule has 3 rings (SSSR count). The summed E-state index contributed by atoms with van der Waals surface area (Å²) in [7, 11) is 0. The average Bonchev–Trinajstić information content (AvgIpc) is 2.92. The molecule has 0 heterocycles. The van der Waals surface area contributed by atoms with Crippen LogP contribution in [-0.2, 0) is 9.53 Å². The predicted octanol–water partition coefficient (Wildman–Crippen LogP) is 3.22. The average molecular weight is 351 g/mol. The Balaban J connectivity index is 1.74. The van der Waals surface area contributed by atoms with Crippen LogP contribution in [0.3, 0.4) is 0 Å². The lowest BCUT2D eigenvalue weighted by molar-refractivity contribution is -0.129. The van der Waals surface area contributed by atoms with Crippen molar-refractivity contribution in [3.8, 4) is 11.1 Å². The lowest BCUT2D eigenvalue weighted by Gasteiger charge is -2.14. The molecule has 2 aromatic carbocycles. The molecule has 2 aromatic rings. The summed E-state index contributed by atoms with van der Waals surface area (Å²) >= 11 is 0. The van der Waals surface area contributed by atoms with Gasteiger partial charge in [-0.15, -0.1) is 0 Å². The van der Waals surface area contributed by atoms with Gasteiger partial charge in [0, 0.05) is 17.7 Å². The van der Waals surface area contributed by atoms with Gasteiger partial charge in [0.1, 0.15) is 0 Å². The van der Waals surface area contributed by atoms with Gasteiger partial charge in [0.05, 0.1) is 5.56 Å². The highest BCUT2D eigenvalue weighted by Gasteiger charge is 2.28. The summed E-state index contributed by atoms with van der Waals surface area (Å²) in [5.41, 5.74) is 3.05. The lowest BCUT2D eigenvalue weighted by Crippen LogP contribution is -2.37. The van der Waals surface area contributed by atoms with E-state index in [0.29, 0.717) is 23.6 Å². The highest BCUT2D eigenvalue weighted by molar-refractivity contribution is 6.22. The van der Waals surface area contributed by atoms with Gasteiger partial charge in [0.2, 0.25) is 0 Å². The second-order valence-corrected chi connectivity index (χ2v) is 6.82. The minimum Gasteiger partial charge on any atom is -0.449 e. The Morgan fingerprint density at radius 3 is 2.31 bits per heavy atom. The topological polar surface area (TPSA) is 72.5 Å². The van der Waals surface area contributed by atoms with Gasteiger partial charge in [-0.25, -0.2) is 4.79 Å². The number of esters is 1. The van der Waals surface area contributed by atoms with E-state index in [-0.39, 0.29) is 17.3 Å².